The van der Waals surface area contributed by atoms with Crippen LogP contribution in [0.3, 0.4) is 0 Å². The molecule has 1 heterocycles. The maximum Gasteiger partial charge on any atom is 0.352 e. The van der Waals surface area contributed by atoms with Gasteiger partial charge in [0.2, 0.25) is 10.0 Å². The number of hydrogen-bond acceptors (Lipinski definition) is 3. The van der Waals surface area contributed by atoms with E-state index in [0.29, 0.717) is 0 Å². The second kappa shape index (κ2) is 5.34. The van der Waals surface area contributed by atoms with Gasteiger partial charge >= 0.3 is 5.97 Å². The molecule has 0 unspecified atom stereocenters. The fraction of sp³-hybridized carbons (Fsp3) is 0.583. The first-order valence-corrected chi connectivity index (χ1v) is 7.76. The molecule has 1 aliphatic rings. The van der Waals surface area contributed by atoms with Crippen molar-refractivity contribution in [2.45, 2.75) is 43.0 Å². The van der Waals surface area contributed by atoms with Crippen LogP contribution in [0.25, 0.3) is 0 Å². The van der Waals surface area contributed by atoms with Gasteiger partial charge in [-0.1, -0.05) is 19.3 Å². The summed E-state index contributed by atoms with van der Waals surface area (Å²) < 4.78 is 26.1. The summed E-state index contributed by atoms with van der Waals surface area (Å²) in [4.78, 5) is 13.2. The molecule has 0 amide bonds. The Labute approximate surface area is 112 Å². The third-order valence-electron chi connectivity index (χ3n) is 3.65. The quantitative estimate of drug-likeness (QED) is 0.880. The minimum atomic E-state index is -3.61. The Balaban J connectivity index is 2.22. The van der Waals surface area contributed by atoms with Crippen LogP contribution in [0.1, 0.15) is 42.6 Å². The molecule has 6 nitrogen and oxygen atoms in total. The first kappa shape index (κ1) is 14.1. The van der Waals surface area contributed by atoms with Crippen molar-refractivity contribution < 1.29 is 18.3 Å². The smallest absolute Gasteiger partial charge is 0.352 e. The highest BCUT2D eigenvalue weighted by molar-refractivity contribution is 7.89. The Bertz CT molecular complexity index is 558. The van der Waals surface area contributed by atoms with Crippen molar-refractivity contribution in [3.63, 3.8) is 0 Å². The number of carboxylic acids is 1. The molecule has 1 aromatic heterocycles. The number of carboxylic acid groups (broad SMARTS) is 1. The molecular weight excluding hydrogens is 268 g/mol. The predicted molar refractivity (Wildman–Crippen MR) is 69.6 cm³/mol. The number of hydrogen-bond donors (Lipinski definition) is 2. The van der Waals surface area contributed by atoms with Gasteiger partial charge in [-0.3, -0.25) is 0 Å². The van der Waals surface area contributed by atoms with Crippen LogP contribution in [0, 0.1) is 0 Å². The molecule has 0 saturated heterocycles. The second-order valence-corrected chi connectivity index (χ2v) is 6.86. The van der Waals surface area contributed by atoms with Crippen molar-refractivity contribution in [2.75, 3.05) is 7.05 Å². The lowest BCUT2D eigenvalue weighted by Gasteiger charge is -2.30. The van der Waals surface area contributed by atoms with E-state index in [0.717, 1.165) is 38.2 Å². The maximum absolute atomic E-state index is 12.4. The summed E-state index contributed by atoms with van der Waals surface area (Å²) in [6, 6.07) is 1.18. The Morgan fingerprint density at radius 1 is 1.37 bits per heavy atom. The zero-order chi connectivity index (χ0) is 14.0. The summed E-state index contributed by atoms with van der Waals surface area (Å²) in [5.74, 6) is -1.17. The average Bonchev–Trinajstić information content (AvgIpc) is 2.89. The number of H-pyrrole nitrogens is 1. The highest BCUT2D eigenvalue weighted by Crippen LogP contribution is 2.26. The van der Waals surface area contributed by atoms with Crippen LogP contribution >= 0.6 is 0 Å². The van der Waals surface area contributed by atoms with Crippen LogP contribution in [0.5, 0.6) is 0 Å². The number of carbonyl (C=O) groups is 1. The van der Waals surface area contributed by atoms with Gasteiger partial charge < -0.3 is 10.1 Å². The van der Waals surface area contributed by atoms with E-state index >= 15 is 0 Å². The standard InChI is InChI=1S/C12H18N2O4S/c1-14(9-5-3-2-4-6-9)19(17,18)10-7-11(12(15)16)13-8-10/h7-9,13H,2-6H2,1H3,(H,15,16). The van der Waals surface area contributed by atoms with Crippen LogP contribution < -0.4 is 0 Å². The summed E-state index contributed by atoms with van der Waals surface area (Å²) in [5, 5.41) is 8.81. The summed E-state index contributed by atoms with van der Waals surface area (Å²) >= 11 is 0. The van der Waals surface area contributed by atoms with Crippen molar-refractivity contribution in [3.05, 3.63) is 18.0 Å². The van der Waals surface area contributed by atoms with E-state index in [1.807, 2.05) is 0 Å². The molecule has 106 valence electrons. The molecule has 1 saturated carbocycles. The van der Waals surface area contributed by atoms with Gasteiger partial charge in [0.25, 0.3) is 0 Å². The Morgan fingerprint density at radius 3 is 2.53 bits per heavy atom. The molecule has 0 radical (unpaired) electrons. The van der Waals surface area contributed by atoms with Gasteiger partial charge in [0.05, 0.1) is 0 Å². The van der Waals surface area contributed by atoms with Gasteiger partial charge in [0.1, 0.15) is 10.6 Å². The van der Waals surface area contributed by atoms with Crippen LogP contribution in [0.2, 0.25) is 0 Å². The highest BCUT2D eigenvalue weighted by Gasteiger charge is 2.30. The van der Waals surface area contributed by atoms with Crippen LogP contribution in [0.15, 0.2) is 17.2 Å². The lowest BCUT2D eigenvalue weighted by atomic mass is 9.96. The van der Waals surface area contributed by atoms with Crippen molar-refractivity contribution in [3.8, 4) is 0 Å². The van der Waals surface area contributed by atoms with Gasteiger partial charge in [0.15, 0.2) is 0 Å². The monoisotopic (exact) mass is 286 g/mol. The SMILES string of the molecule is CN(C1CCCCC1)S(=O)(=O)c1c[nH]c(C(=O)O)c1. The Morgan fingerprint density at radius 2 is 2.00 bits per heavy atom. The first-order chi connectivity index (χ1) is 8.93. The highest BCUT2D eigenvalue weighted by atomic mass is 32.2. The summed E-state index contributed by atoms with van der Waals surface area (Å²) in [5.41, 5.74) is -0.115. The van der Waals surface area contributed by atoms with Crippen LogP contribution in [0.4, 0.5) is 0 Å². The maximum atomic E-state index is 12.4. The topological polar surface area (TPSA) is 90.5 Å². The minimum Gasteiger partial charge on any atom is -0.477 e. The van der Waals surface area contributed by atoms with Crippen molar-refractivity contribution >= 4 is 16.0 Å². The number of aromatic nitrogens is 1. The van der Waals surface area contributed by atoms with E-state index < -0.39 is 16.0 Å². The van der Waals surface area contributed by atoms with Gasteiger partial charge in [-0.15, -0.1) is 0 Å². The molecule has 0 bridgehead atoms. The molecule has 0 aliphatic heterocycles. The number of aromatic amines is 1. The zero-order valence-electron chi connectivity index (χ0n) is 10.8. The number of sulfonamides is 1. The molecule has 1 aliphatic carbocycles. The zero-order valence-corrected chi connectivity index (χ0v) is 11.6. The van der Waals surface area contributed by atoms with Crippen molar-refractivity contribution in [1.82, 2.24) is 9.29 Å². The minimum absolute atomic E-state index is 0.0120. The molecule has 2 rings (SSSR count). The fourth-order valence-electron chi connectivity index (χ4n) is 2.45. The van der Waals surface area contributed by atoms with E-state index in [-0.39, 0.29) is 16.6 Å². The number of rotatable bonds is 4. The van der Waals surface area contributed by atoms with E-state index in [2.05, 4.69) is 4.98 Å². The molecule has 19 heavy (non-hydrogen) atoms. The van der Waals surface area contributed by atoms with Gasteiger partial charge in [-0.2, -0.15) is 4.31 Å². The Hall–Kier alpha value is -1.34. The van der Waals surface area contributed by atoms with Crippen LogP contribution in [-0.2, 0) is 10.0 Å². The summed E-state index contributed by atoms with van der Waals surface area (Å²) in [6.07, 6.45) is 6.20. The normalized spacial score (nSPS) is 17.8. The van der Waals surface area contributed by atoms with Crippen molar-refractivity contribution in [1.29, 1.82) is 0 Å². The first-order valence-electron chi connectivity index (χ1n) is 6.32. The molecule has 0 aromatic carbocycles. The largest absolute Gasteiger partial charge is 0.477 e. The third-order valence-corrected chi connectivity index (χ3v) is 5.54. The van der Waals surface area contributed by atoms with E-state index in [1.165, 1.54) is 10.5 Å². The molecular formula is C12H18N2O4S. The van der Waals surface area contributed by atoms with E-state index in [1.54, 1.807) is 7.05 Å². The lowest BCUT2D eigenvalue weighted by molar-refractivity contribution is 0.0691. The van der Waals surface area contributed by atoms with Gasteiger partial charge in [-0.05, 0) is 18.9 Å². The van der Waals surface area contributed by atoms with Gasteiger partial charge in [-0.25, -0.2) is 13.2 Å². The summed E-state index contributed by atoms with van der Waals surface area (Å²) in [6.45, 7) is 0. The fourth-order valence-corrected chi connectivity index (χ4v) is 3.86. The molecule has 1 aromatic rings. The molecule has 2 N–H and O–H groups in total. The lowest BCUT2D eigenvalue weighted by Crippen LogP contribution is -2.38. The summed E-state index contributed by atoms with van der Waals surface area (Å²) in [7, 11) is -2.04. The van der Waals surface area contributed by atoms with Crippen molar-refractivity contribution in [2.24, 2.45) is 0 Å². The number of nitrogens with zero attached hydrogens (tertiary/aromatic N) is 1. The molecule has 0 atom stereocenters. The second-order valence-electron chi connectivity index (χ2n) is 4.87. The molecule has 7 heteroatoms. The third kappa shape index (κ3) is 2.82. The number of nitrogens with one attached hydrogen (secondary N) is 1. The molecule has 0 spiro atoms. The van der Waals surface area contributed by atoms with E-state index in [9.17, 15) is 13.2 Å². The predicted octanol–water partition coefficient (Wildman–Crippen LogP) is 1.67. The van der Waals surface area contributed by atoms with E-state index in [4.69, 9.17) is 5.11 Å². The average molecular weight is 286 g/mol. The van der Waals surface area contributed by atoms with Gasteiger partial charge in [0, 0.05) is 19.3 Å². The number of aromatic carboxylic acids is 1. The molecule has 1 fully saturated rings. The van der Waals surface area contributed by atoms with Crippen LogP contribution in [-0.4, -0.2) is 41.9 Å². The Kier molecular flexibility index (Phi) is 3.96.